The standard InChI is InChI=1S/C15H34N2O/c1-13(2)14(9-10-16)8-7-11-17(18-6)12-15(3,4)5/h13-14H,7-12,16H2,1-6H3. The second kappa shape index (κ2) is 8.89. The molecule has 0 heterocycles. The summed E-state index contributed by atoms with van der Waals surface area (Å²) in [7, 11) is 1.77. The number of hydrogen-bond donors (Lipinski definition) is 1. The fraction of sp³-hybridized carbons (Fsp3) is 1.00. The van der Waals surface area contributed by atoms with E-state index in [9.17, 15) is 0 Å². The summed E-state index contributed by atoms with van der Waals surface area (Å²) in [5.74, 6) is 1.48. The summed E-state index contributed by atoms with van der Waals surface area (Å²) in [6.07, 6.45) is 3.58. The number of rotatable bonds is 9. The lowest BCUT2D eigenvalue weighted by atomic mass is 9.88. The molecule has 0 amide bonds. The molecule has 0 bridgehead atoms. The highest BCUT2D eigenvalue weighted by atomic mass is 16.7. The van der Waals surface area contributed by atoms with Gasteiger partial charge < -0.3 is 10.6 Å². The van der Waals surface area contributed by atoms with Crippen LogP contribution in [0.1, 0.15) is 53.9 Å². The third kappa shape index (κ3) is 8.90. The van der Waals surface area contributed by atoms with E-state index in [1.807, 2.05) is 0 Å². The molecule has 110 valence electrons. The summed E-state index contributed by atoms with van der Waals surface area (Å²) >= 11 is 0. The van der Waals surface area contributed by atoms with Gasteiger partial charge in [-0.2, -0.15) is 5.06 Å². The molecule has 0 aromatic carbocycles. The Morgan fingerprint density at radius 3 is 2.17 bits per heavy atom. The van der Waals surface area contributed by atoms with E-state index in [-0.39, 0.29) is 5.41 Å². The van der Waals surface area contributed by atoms with Crippen molar-refractivity contribution in [2.75, 3.05) is 26.7 Å². The first-order chi connectivity index (χ1) is 8.30. The molecular weight excluding hydrogens is 224 g/mol. The molecule has 0 fully saturated rings. The maximum absolute atomic E-state index is 5.67. The molecular formula is C15H34N2O. The van der Waals surface area contributed by atoms with Crippen molar-refractivity contribution >= 4 is 0 Å². The first-order valence-electron chi connectivity index (χ1n) is 7.29. The summed E-state index contributed by atoms with van der Waals surface area (Å²) in [5, 5.41) is 2.08. The minimum absolute atomic E-state index is 0.282. The van der Waals surface area contributed by atoms with Crippen molar-refractivity contribution < 1.29 is 4.84 Å². The van der Waals surface area contributed by atoms with Crippen LogP contribution in [0.25, 0.3) is 0 Å². The van der Waals surface area contributed by atoms with Gasteiger partial charge in [0.1, 0.15) is 0 Å². The van der Waals surface area contributed by atoms with Crippen LogP contribution in [-0.4, -0.2) is 31.8 Å². The van der Waals surface area contributed by atoms with Crippen molar-refractivity contribution in [2.24, 2.45) is 23.0 Å². The van der Waals surface area contributed by atoms with Crippen LogP contribution in [0.2, 0.25) is 0 Å². The minimum Gasteiger partial charge on any atom is -0.330 e. The highest BCUT2D eigenvalue weighted by Crippen LogP contribution is 2.21. The molecule has 3 nitrogen and oxygen atoms in total. The summed E-state index contributed by atoms with van der Waals surface area (Å²) in [6.45, 7) is 14.1. The lowest BCUT2D eigenvalue weighted by Crippen LogP contribution is -2.33. The monoisotopic (exact) mass is 258 g/mol. The zero-order valence-electron chi connectivity index (χ0n) is 13.3. The fourth-order valence-electron chi connectivity index (χ4n) is 2.32. The normalized spacial score (nSPS) is 14.5. The average Bonchev–Trinajstić information content (AvgIpc) is 2.24. The van der Waals surface area contributed by atoms with E-state index in [2.05, 4.69) is 39.7 Å². The minimum atomic E-state index is 0.282. The van der Waals surface area contributed by atoms with Crippen molar-refractivity contribution in [3.05, 3.63) is 0 Å². The zero-order valence-corrected chi connectivity index (χ0v) is 13.3. The van der Waals surface area contributed by atoms with E-state index < -0.39 is 0 Å². The van der Waals surface area contributed by atoms with Crippen LogP contribution in [0.15, 0.2) is 0 Å². The van der Waals surface area contributed by atoms with Crippen LogP contribution in [0.5, 0.6) is 0 Å². The van der Waals surface area contributed by atoms with Gasteiger partial charge in [0.25, 0.3) is 0 Å². The Balaban J connectivity index is 3.98. The predicted molar refractivity (Wildman–Crippen MR) is 79.3 cm³/mol. The Bertz CT molecular complexity index is 199. The Hall–Kier alpha value is -0.120. The summed E-state index contributed by atoms with van der Waals surface area (Å²) in [6, 6.07) is 0. The largest absolute Gasteiger partial charge is 0.330 e. The first kappa shape index (κ1) is 17.9. The van der Waals surface area contributed by atoms with Gasteiger partial charge in [-0.15, -0.1) is 0 Å². The van der Waals surface area contributed by atoms with Gasteiger partial charge in [-0.1, -0.05) is 34.6 Å². The fourth-order valence-corrected chi connectivity index (χ4v) is 2.32. The summed E-state index contributed by atoms with van der Waals surface area (Å²) < 4.78 is 0. The number of nitrogens with two attached hydrogens (primary N) is 1. The SMILES string of the molecule is CON(CCCC(CCN)C(C)C)CC(C)(C)C. The van der Waals surface area contributed by atoms with Crippen LogP contribution < -0.4 is 5.73 Å². The lowest BCUT2D eigenvalue weighted by Gasteiger charge is -2.28. The van der Waals surface area contributed by atoms with Gasteiger partial charge in [-0.05, 0) is 43.1 Å². The third-order valence-electron chi connectivity index (χ3n) is 3.37. The Morgan fingerprint density at radius 2 is 1.78 bits per heavy atom. The first-order valence-corrected chi connectivity index (χ1v) is 7.29. The molecule has 1 unspecified atom stereocenters. The van der Waals surface area contributed by atoms with Crippen LogP contribution >= 0.6 is 0 Å². The van der Waals surface area contributed by atoms with Gasteiger partial charge >= 0.3 is 0 Å². The van der Waals surface area contributed by atoms with Crippen molar-refractivity contribution in [1.82, 2.24) is 5.06 Å². The predicted octanol–water partition coefficient (Wildman–Crippen LogP) is 3.30. The molecule has 1 atom stereocenters. The molecule has 0 rings (SSSR count). The van der Waals surface area contributed by atoms with Crippen molar-refractivity contribution in [3.8, 4) is 0 Å². The summed E-state index contributed by atoms with van der Waals surface area (Å²) in [5.41, 5.74) is 5.96. The molecule has 0 aromatic heterocycles. The van der Waals surface area contributed by atoms with Crippen LogP contribution in [-0.2, 0) is 4.84 Å². The molecule has 2 N–H and O–H groups in total. The topological polar surface area (TPSA) is 38.5 Å². The third-order valence-corrected chi connectivity index (χ3v) is 3.37. The van der Waals surface area contributed by atoms with Gasteiger partial charge in [-0.25, -0.2) is 0 Å². The van der Waals surface area contributed by atoms with E-state index in [4.69, 9.17) is 10.6 Å². The Morgan fingerprint density at radius 1 is 1.17 bits per heavy atom. The quantitative estimate of drug-likeness (QED) is 0.645. The molecule has 0 aromatic rings. The van der Waals surface area contributed by atoms with Crippen LogP contribution in [0.3, 0.4) is 0 Å². The highest BCUT2D eigenvalue weighted by Gasteiger charge is 2.17. The molecule has 0 aliphatic heterocycles. The maximum atomic E-state index is 5.67. The second-order valence-electron chi connectivity index (χ2n) is 6.83. The number of hydrogen-bond acceptors (Lipinski definition) is 3. The number of hydroxylamine groups is 2. The zero-order chi connectivity index (χ0) is 14.2. The molecule has 0 spiro atoms. The van der Waals surface area contributed by atoms with Crippen LogP contribution in [0.4, 0.5) is 0 Å². The lowest BCUT2D eigenvalue weighted by molar-refractivity contribution is -0.147. The van der Waals surface area contributed by atoms with Gasteiger partial charge in [0.2, 0.25) is 0 Å². The van der Waals surface area contributed by atoms with Crippen molar-refractivity contribution in [2.45, 2.75) is 53.9 Å². The second-order valence-corrected chi connectivity index (χ2v) is 6.83. The van der Waals surface area contributed by atoms with E-state index in [1.54, 1.807) is 7.11 Å². The molecule has 3 heteroatoms. The molecule has 0 radical (unpaired) electrons. The van der Waals surface area contributed by atoms with Crippen molar-refractivity contribution in [3.63, 3.8) is 0 Å². The smallest absolute Gasteiger partial charge is 0.0575 e. The van der Waals surface area contributed by atoms with Crippen LogP contribution in [0, 0.1) is 17.3 Å². The Labute approximate surface area is 114 Å². The molecule has 0 aliphatic carbocycles. The number of nitrogens with zero attached hydrogens (tertiary/aromatic N) is 1. The van der Waals surface area contributed by atoms with Gasteiger partial charge in [0, 0.05) is 13.1 Å². The maximum Gasteiger partial charge on any atom is 0.0575 e. The molecule has 0 saturated heterocycles. The highest BCUT2D eigenvalue weighted by molar-refractivity contribution is 4.67. The van der Waals surface area contributed by atoms with E-state index in [1.165, 1.54) is 12.8 Å². The average molecular weight is 258 g/mol. The van der Waals surface area contributed by atoms with E-state index >= 15 is 0 Å². The molecule has 18 heavy (non-hydrogen) atoms. The van der Waals surface area contributed by atoms with Gasteiger partial charge in [0.15, 0.2) is 0 Å². The van der Waals surface area contributed by atoms with Crippen molar-refractivity contribution in [1.29, 1.82) is 0 Å². The van der Waals surface area contributed by atoms with Gasteiger partial charge in [0.05, 0.1) is 7.11 Å². The molecule has 0 saturated carbocycles. The van der Waals surface area contributed by atoms with E-state index in [0.717, 1.165) is 37.9 Å². The Kier molecular flexibility index (Phi) is 8.83. The van der Waals surface area contributed by atoms with E-state index in [0.29, 0.717) is 0 Å². The molecule has 0 aliphatic rings. The van der Waals surface area contributed by atoms with Gasteiger partial charge in [-0.3, -0.25) is 0 Å². The summed E-state index contributed by atoms with van der Waals surface area (Å²) in [4.78, 5) is 5.44.